The number of phenolic OH excluding ortho intramolecular Hbond substituents is 1. The van der Waals surface area contributed by atoms with Gasteiger partial charge in [0.1, 0.15) is 0 Å². The van der Waals surface area contributed by atoms with Gasteiger partial charge in [-0.2, -0.15) is 0 Å². The van der Waals surface area contributed by atoms with Crippen molar-refractivity contribution in [2.24, 2.45) is 11.8 Å². The Morgan fingerprint density at radius 1 is 0.731 bits per heavy atom. The number of ether oxygens (including phenoxy) is 4. The van der Waals surface area contributed by atoms with Gasteiger partial charge in [-0.25, -0.2) is 0 Å². The average molecular weight is 358 g/mol. The van der Waals surface area contributed by atoms with Crippen LogP contribution in [-0.4, -0.2) is 26.4 Å². The standard InChI is InChI=1S/C21H26O5/c1-12-13(2)21(15-7-9-17(23-3)19(11-15)25-5)26-20(12)14-6-8-16(22)18(10-14)24-4/h6-13,20-22H,1-5H3/t12-,13+,20-,21-/m0/s1. The molecule has 1 saturated heterocycles. The van der Waals surface area contributed by atoms with Crippen molar-refractivity contribution in [3.05, 3.63) is 47.5 Å². The predicted octanol–water partition coefficient (Wildman–Crippen LogP) is 4.50. The zero-order valence-electron chi connectivity index (χ0n) is 15.9. The quantitative estimate of drug-likeness (QED) is 0.853. The van der Waals surface area contributed by atoms with Crippen molar-refractivity contribution >= 4 is 0 Å². The third-order valence-corrected chi connectivity index (χ3v) is 5.35. The van der Waals surface area contributed by atoms with Gasteiger partial charge in [0.2, 0.25) is 0 Å². The molecule has 0 radical (unpaired) electrons. The number of phenols is 1. The molecular formula is C21H26O5. The fourth-order valence-corrected chi connectivity index (χ4v) is 3.62. The molecule has 0 spiro atoms. The summed E-state index contributed by atoms with van der Waals surface area (Å²) in [5.41, 5.74) is 2.07. The lowest BCUT2D eigenvalue weighted by atomic mass is 9.85. The van der Waals surface area contributed by atoms with Gasteiger partial charge in [-0.3, -0.25) is 0 Å². The molecule has 0 aliphatic carbocycles. The normalized spacial score (nSPS) is 25.1. The molecular weight excluding hydrogens is 332 g/mol. The van der Waals surface area contributed by atoms with Gasteiger partial charge in [-0.1, -0.05) is 26.0 Å². The van der Waals surface area contributed by atoms with Crippen LogP contribution in [0.25, 0.3) is 0 Å². The lowest BCUT2D eigenvalue weighted by Crippen LogP contribution is -2.10. The Hall–Kier alpha value is -2.40. The molecule has 5 nitrogen and oxygen atoms in total. The van der Waals surface area contributed by atoms with E-state index in [1.807, 2.05) is 30.3 Å². The summed E-state index contributed by atoms with van der Waals surface area (Å²) in [7, 11) is 4.81. The van der Waals surface area contributed by atoms with E-state index >= 15 is 0 Å². The van der Waals surface area contributed by atoms with E-state index in [9.17, 15) is 5.11 Å². The highest BCUT2D eigenvalue weighted by molar-refractivity contribution is 5.45. The largest absolute Gasteiger partial charge is 0.504 e. The van der Waals surface area contributed by atoms with Gasteiger partial charge in [0.25, 0.3) is 0 Å². The molecule has 26 heavy (non-hydrogen) atoms. The minimum absolute atomic E-state index is 0.0467. The van der Waals surface area contributed by atoms with E-state index in [-0.39, 0.29) is 18.0 Å². The highest BCUT2D eigenvalue weighted by atomic mass is 16.5. The Bertz CT molecular complexity index is 773. The Labute approximate surface area is 154 Å². The first-order chi connectivity index (χ1) is 12.5. The fraction of sp³-hybridized carbons (Fsp3) is 0.429. The van der Waals surface area contributed by atoms with Gasteiger partial charge in [0, 0.05) is 0 Å². The molecule has 2 aromatic rings. The SMILES string of the molecule is COc1cc([C@H]2O[C@H](c3ccc(OC)c(OC)c3)[C@H](C)[C@@H]2C)ccc1O. The topological polar surface area (TPSA) is 57.2 Å². The maximum atomic E-state index is 9.84. The molecule has 4 atom stereocenters. The third kappa shape index (κ3) is 3.19. The second-order valence-electron chi connectivity index (χ2n) is 6.74. The van der Waals surface area contributed by atoms with Crippen molar-refractivity contribution in [3.8, 4) is 23.0 Å². The Morgan fingerprint density at radius 3 is 1.77 bits per heavy atom. The summed E-state index contributed by atoms with van der Waals surface area (Å²) in [6.45, 7) is 4.39. The summed E-state index contributed by atoms with van der Waals surface area (Å²) in [6.07, 6.45) is -0.118. The Kier molecular flexibility index (Phi) is 5.28. The average Bonchev–Trinajstić information content (AvgIpc) is 2.96. The molecule has 0 bridgehead atoms. The van der Waals surface area contributed by atoms with Gasteiger partial charge in [0.15, 0.2) is 23.0 Å². The number of methoxy groups -OCH3 is 3. The Balaban J connectivity index is 1.90. The predicted molar refractivity (Wildman–Crippen MR) is 99.1 cm³/mol. The van der Waals surface area contributed by atoms with Gasteiger partial charge < -0.3 is 24.1 Å². The van der Waals surface area contributed by atoms with E-state index in [4.69, 9.17) is 18.9 Å². The first-order valence-corrected chi connectivity index (χ1v) is 8.74. The summed E-state index contributed by atoms with van der Waals surface area (Å²) in [6, 6.07) is 11.3. The summed E-state index contributed by atoms with van der Waals surface area (Å²) in [4.78, 5) is 0. The van der Waals surface area contributed by atoms with E-state index in [2.05, 4.69) is 13.8 Å². The maximum absolute atomic E-state index is 9.84. The highest BCUT2D eigenvalue weighted by Crippen LogP contribution is 2.50. The third-order valence-electron chi connectivity index (χ3n) is 5.35. The summed E-state index contributed by atoms with van der Waals surface area (Å²) < 4.78 is 22.4. The van der Waals surface area contributed by atoms with Gasteiger partial charge in [-0.05, 0) is 47.2 Å². The lowest BCUT2D eigenvalue weighted by Gasteiger charge is -2.18. The second-order valence-corrected chi connectivity index (χ2v) is 6.74. The van der Waals surface area contributed by atoms with Crippen molar-refractivity contribution in [2.45, 2.75) is 26.1 Å². The molecule has 0 amide bonds. The summed E-state index contributed by atoms with van der Waals surface area (Å²) in [5.74, 6) is 2.62. The van der Waals surface area contributed by atoms with Crippen molar-refractivity contribution in [3.63, 3.8) is 0 Å². The molecule has 0 saturated carbocycles. The van der Waals surface area contributed by atoms with E-state index in [1.54, 1.807) is 27.4 Å². The van der Waals surface area contributed by atoms with Crippen LogP contribution in [0.5, 0.6) is 23.0 Å². The van der Waals surface area contributed by atoms with E-state index in [0.717, 1.165) is 11.1 Å². The van der Waals surface area contributed by atoms with Gasteiger partial charge in [0.05, 0.1) is 33.5 Å². The van der Waals surface area contributed by atoms with Crippen LogP contribution in [0.1, 0.15) is 37.2 Å². The number of hydrogen-bond acceptors (Lipinski definition) is 5. The molecule has 1 heterocycles. The smallest absolute Gasteiger partial charge is 0.161 e. The van der Waals surface area contributed by atoms with Crippen molar-refractivity contribution in [1.82, 2.24) is 0 Å². The molecule has 1 aliphatic rings. The van der Waals surface area contributed by atoms with Crippen LogP contribution in [-0.2, 0) is 4.74 Å². The minimum Gasteiger partial charge on any atom is -0.504 e. The molecule has 2 aromatic carbocycles. The molecule has 1 aliphatic heterocycles. The van der Waals surface area contributed by atoms with E-state index in [0.29, 0.717) is 29.1 Å². The summed E-state index contributed by atoms with van der Waals surface area (Å²) >= 11 is 0. The first-order valence-electron chi connectivity index (χ1n) is 8.74. The zero-order chi connectivity index (χ0) is 18.8. The lowest BCUT2D eigenvalue weighted by molar-refractivity contribution is 0.0288. The number of hydrogen-bond donors (Lipinski definition) is 1. The molecule has 0 aromatic heterocycles. The second kappa shape index (κ2) is 7.46. The molecule has 0 unspecified atom stereocenters. The molecule has 1 N–H and O–H groups in total. The molecule has 5 heteroatoms. The van der Waals surface area contributed by atoms with Crippen LogP contribution in [0.3, 0.4) is 0 Å². The maximum Gasteiger partial charge on any atom is 0.161 e. The number of rotatable bonds is 5. The monoisotopic (exact) mass is 358 g/mol. The van der Waals surface area contributed by atoms with Crippen LogP contribution in [0.2, 0.25) is 0 Å². The number of benzene rings is 2. The van der Waals surface area contributed by atoms with Gasteiger partial charge in [-0.15, -0.1) is 0 Å². The summed E-state index contributed by atoms with van der Waals surface area (Å²) in [5, 5.41) is 9.84. The molecule has 3 rings (SSSR count). The first kappa shape index (κ1) is 18.4. The van der Waals surface area contributed by atoms with Crippen LogP contribution in [0.4, 0.5) is 0 Å². The van der Waals surface area contributed by atoms with Crippen LogP contribution < -0.4 is 14.2 Å². The van der Waals surface area contributed by atoms with Crippen LogP contribution >= 0.6 is 0 Å². The molecule has 140 valence electrons. The van der Waals surface area contributed by atoms with Crippen LogP contribution in [0.15, 0.2) is 36.4 Å². The van der Waals surface area contributed by atoms with Crippen molar-refractivity contribution in [1.29, 1.82) is 0 Å². The minimum atomic E-state index is -0.0717. The number of aromatic hydroxyl groups is 1. The fourth-order valence-electron chi connectivity index (χ4n) is 3.62. The van der Waals surface area contributed by atoms with Crippen molar-refractivity contribution in [2.75, 3.05) is 21.3 Å². The van der Waals surface area contributed by atoms with Crippen LogP contribution in [0, 0.1) is 11.8 Å². The Morgan fingerprint density at radius 2 is 1.23 bits per heavy atom. The van der Waals surface area contributed by atoms with Gasteiger partial charge >= 0.3 is 0 Å². The molecule has 1 fully saturated rings. The zero-order valence-corrected chi connectivity index (χ0v) is 15.9. The van der Waals surface area contributed by atoms with E-state index in [1.165, 1.54) is 0 Å². The highest BCUT2D eigenvalue weighted by Gasteiger charge is 2.41. The van der Waals surface area contributed by atoms with Crippen molar-refractivity contribution < 1.29 is 24.1 Å². The van der Waals surface area contributed by atoms with E-state index < -0.39 is 0 Å².